The van der Waals surface area contributed by atoms with Crippen LogP contribution < -0.4 is 5.32 Å². The van der Waals surface area contributed by atoms with Crippen LogP contribution in [-0.4, -0.2) is 34.9 Å². The maximum Gasteiger partial charge on any atom is 0.308 e. The number of aromatic nitrogens is 2. The van der Waals surface area contributed by atoms with E-state index in [9.17, 15) is 9.59 Å². The van der Waals surface area contributed by atoms with Crippen molar-refractivity contribution in [2.24, 2.45) is 5.92 Å². The van der Waals surface area contributed by atoms with E-state index >= 15 is 0 Å². The number of carbonyl (C=O) groups excluding carboxylic acids is 2. The molecule has 0 aromatic carbocycles. The van der Waals surface area contributed by atoms with Crippen LogP contribution in [0, 0.1) is 12.8 Å². The molecule has 0 unspecified atom stereocenters. The van der Waals surface area contributed by atoms with E-state index in [1.54, 1.807) is 18.6 Å². The van der Waals surface area contributed by atoms with Gasteiger partial charge in [0.25, 0.3) is 0 Å². The molecule has 144 valence electrons. The molecule has 0 bridgehead atoms. The summed E-state index contributed by atoms with van der Waals surface area (Å²) in [6, 6.07) is 1.82. The van der Waals surface area contributed by atoms with Gasteiger partial charge in [-0.05, 0) is 37.8 Å². The minimum atomic E-state index is -0.0624. The maximum absolute atomic E-state index is 12.5. The first-order valence-electron chi connectivity index (χ1n) is 9.47. The van der Waals surface area contributed by atoms with Gasteiger partial charge in [-0.2, -0.15) is 0 Å². The Morgan fingerprint density at radius 3 is 2.85 bits per heavy atom. The number of carbonyl (C=O) groups is 2. The second-order valence-electron chi connectivity index (χ2n) is 6.83. The lowest BCUT2D eigenvalue weighted by atomic mass is 9.89. The van der Waals surface area contributed by atoms with Gasteiger partial charge in [0.05, 0.1) is 23.6 Å². The molecule has 1 N–H and O–H groups in total. The summed E-state index contributed by atoms with van der Waals surface area (Å²) >= 11 is 1.32. The first-order chi connectivity index (χ1) is 13.1. The summed E-state index contributed by atoms with van der Waals surface area (Å²) in [5, 5.41) is 3.88. The highest BCUT2D eigenvalue weighted by molar-refractivity contribution is 7.17. The monoisotopic (exact) mass is 387 g/mol. The normalized spacial score (nSPS) is 14.7. The molecule has 1 saturated carbocycles. The third kappa shape index (κ3) is 5.35. The number of pyridine rings is 1. The Labute approximate surface area is 163 Å². The van der Waals surface area contributed by atoms with Gasteiger partial charge in [-0.25, -0.2) is 4.98 Å². The first-order valence-corrected chi connectivity index (χ1v) is 10.3. The van der Waals surface area contributed by atoms with Gasteiger partial charge >= 0.3 is 5.97 Å². The van der Waals surface area contributed by atoms with E-state index in [1.807, 2.05) is 13.0 Å². The van der Waals surface area contributed by atoms with Gasteiger partial charge in [0, 0.05) is 24.5 Å². The van der Waals surface area contributed by atoms with E-state index in [0.717, 1.165) is 31.2 Å². The lowest BCUT2D eigenvalue weighted by Crippen LogP contribution is -2.21. The van der Waals surface area contributed by atoms with Gasteiger partial charge in [-0.3, -0.25) is 14.6 Å². The summed E-state index contributed by atoms with van der Waals surface area (Å²) in [6.45, 7) is 2.95. The van der Waals surface area contributed by atoms with Crippen molar-refractivity contribution in [1.82, 2.24) is 9.97 Å². The van der Waals surface area contributed by atoms with Crippen LogP contribution in [0.4, 0.5) is 5.13 Å². The predicted octanol–water partition coefficient (Wildman–Crippen LogP) is 4.00. The Morgan fingerprint density at radius 2 is 2.07 bits per heavy atom. The number of anilines is 1. The molecule has 0 atom stereocenters. The fourth-order valence-corrected chi connectivity index (χ4v) is 3.99. The summed E-state index contributed by atoms with van der Waals surface area (Å²) in [6.07, 6.45) is 11.0. The molecule has 27 heavy (non-hydrogen) atoms. The largest absolute Gasteiger partial charge is 0.465 e. The molecule has 3 rings (SSSR count). The van der Waals surface area contributed by atoms with Crippen molar-refractivity contribution < 1.29 is 14.3 Å². The molecule has 1 aliphatic carbocycles. The van der Waals surface area contributed by atoms with Crippen LogP contribution in [0.2, 0.25) is 0 Å². The SMILES string of the molecule is Cc1ccncc1C(=O)c1cnc(NCCCOC(=O)C2CCCCC2)s1. The highest BCUT2D eigenvalue weighted by Gasteiger charge is 2.22. The number of nitrogens with zero attached hydrogens (tertiary/aromatic N) is 2. The summed E-state index contributed by atoms with van der Waals surface area (Å²) in [7, 11) is 0. The smallest absolute Gasteiger partial charge is 0.308 e. The maximum atomic E-state index is 12.5. The van der Waals surface area contributed by atoms with Crippen molar-refractivity contribution in [3.05, 3.63) is 40.7 Å². The van der Waals surface area contributed by atoms with E-state index in [0.29, 0.717) is 35.1 Å². The van der Waals surface area contributed by atoms with E-state index in [2.05, 4.69) is 15.3 Å². The lowest BCUT2D eigenvalue weighted by molar-refractivity contribution is -0.149. The van der Waals surface area contributed by atoms with Crippen molar-refractivity contribution in [3.8, 4) is 0 Å². The van der Waals surface area contributed by atoms with Gasteiger partial charge in [-0.15, -0.1) is 0 Å². The molecular formula is C20H25N3O3S. The van der Waals surface area contributed by atoms with E-state index in [-0.39, 0.29) is 17.7 Å². The molecular weight excluding hydrogens is 362 g/mol. The van der Waals surface area contributed by atoms with Crippen LogP contribution in [0.1, 0.15) is 59.3 Å². The van der Waals surface area contributed by atoms with E-state index in [4.69, 9.17) is 4.74 Å². The molecule has 0 spiro atoms. The number of rotatable bonds is 8. The Kier molecular flexibility index (Phi) is 6.92. The molecule has 0 radical (unpaired) electrons. The van der Waals surface area contributed by atoms with E-state index in [1.165, 1.54) is 17.8 Å². The van der Waals surface area contributed by atoms with Crippen molar-refractivity contribution >= 4 is 28.2 Å². The first kappa shape index (κ1) is 19.5. The van der Waals surface area contributed by atoms with Gasteiger partial charge in [0.1, 0.15) is 0 Å². The molecule has 1 aliphatic rings. The second kappa shape index (κ2) is 9.60. The number of aryl methyl sites for hydroxylation is 1. The van der Waals surface area contributed by atoms with Crippen LogP contribution in [0.15, 0.2) is 24.7 Å². The third-order valence-electron chi connectivity index (χ3n) is 4.79. The van der Waals surface area contributed by atoms with E-state index < -0.39 is 0 Å². The minimum absolute atomic E-state index is 0.0522. The molecule has 0 saturated heterocycles. The van der Waals surface area contributed by atoms with Gasteiger partial charge in [0.2, 0.25) is 5.78 Å². The summed E-state index contributed by atoms with van der Waals surface area (Å²) in [5.41, 5.74) is 1.50. The Balaban J connectivity index is 1.40. The predicted molar refractivity (Wildman–Crippen MR) is 105 cm³/mol. The molecule has 2 heterocycles. The van der Waals surface area contributed by atoms with Gasteiger partial charge in [0.15, 0.2) is 5.13 Å². The fraction of sp³-hybridized carbons (Fsp3) is 0.500. The number of thiazole rings is 1. The zero-order chi connectivity index (χ0) is 19.1. The molecule has 7 heteroatoms. The highest BCUT2D eigenvalue weighted by atomic mass is 32.1. The van der Waals surface area contributed by atoms with Gasteiger partial charge < -0.3 is 10.1 Å². The number of ether oxygens (including phenoxy) is 1. The fourth-order valence-electron chi connectivity index (χ4n) is 3.19. The molecule has 2 aromatic rings. The van der Waals surface area contributed by atoms with Crippen molar-refractivity contribution in [2.45, 2.75) is 45.4 Å². The van der Waals surface area contributed by atoms with Crippen molar-refractivity contribution in [2.75, 3.05) is 18.5 Å². The van der Waals surface area contributed by atoms with Crippen LogP contribution in [0.5, 0.6) is 0 Å². The zero-order valence-electron chi connectivity index (χ0n) is 15.6. The molecule has 6 nitrogen and oxygen atoms in total. The topological polar surface area (TPSA) is 81.2 Å². The number of nitrogens with one attached hydrogen (secondary N) is 1. The number of esters is 1. The van der Waals surface area contributed by atoms with Crippen molar-refractivity contribution in [1.29, 1.82) is 0 Å². The summed E-state index contributed by atoms with van der Waals surface area (Å²) < 4.78 is 5.38. The Hall–Kier alpha value is -2.28. The second-order valence-corrected chi connectivity index (χ2v) is 7.86. The molecule has 0 aliphatic heterocycles. The quantitative estimate of drug-likeness (QED) is 0.419. The highest BCUT2D eigenvalue weighted by Crippen LogP contribution is 2.25. The summed E-state index contributed by atoms with van der Waals surface area (Å²) in [5.74, 6) is -0.0218. The lowest BCUT2D eigenvalue weighted by Gasteiger charge is -2.19. The molecule has 2 aromatic heterocycles. The Bertz CT molecular complexity index is 784. The number of hydrogen-bond donors (Lipinski definition) is 1. The number of hydrogen-bond acceptors (Lipinski definition) is 7. The van der Waals surface area contributed by atoms with Crippen LogP contribution in [0.25, 0.3) is 0 Å². The van der Waals surface area contributed by atoms with Crippen LogP contribution in [0.3, 0.4) is 0 Å². The minimum Gasteiger partial charge on any atom is -0.465 e. The van der Waals surface area contributed by atoms with Crippen LogP contribution >= 0.6 is 11.3 Å². The van der Waals surface area contributed by atoms with Crippen molar-refractivity contribution in [3.63, 3.8) is 0 Å². The summed E-state index contributed by atoms with van der Waals surface area (Å²) in [4.78, 5) is 33.4. The number of ketones is 1. The standard InChI is InChI=1S/C20H25N3O3S/c1-14-8-10-21-12-16(14)18(24)17-13-23-20(27-17)22-9-5-11-26-19(25)15-6-3-2-4-7-15/h8,10,12-13,15H,2-7,9,11H2,1H3,(H,22,23). The average Bonchev–Trinajstić information content (AvgIpc) is 3.17. The average molecular weight is 388 g/mol. The Morgan fingerprint density at radius 1 is 1.26 bits per heavy atom. The molecule has 1 fully saturated rings. The molecule has 0 amide bonds. The van der Waals surface area contributed by atoms with Gasteiger partial charge in [-0.1, -0.05) is 30.6 Å². The zero-order valence-corrected chi connectivity index (χ0v) is 16.4. The van der Waals surface area contributed by atoms with Crippen LogP contribution in [-0.2, 0) is 9.53 Å². The third-order valence-corrected chi connectivity index (χ3v) is 5.75.